The van der Waals surface area contributed by atoms with Crippen LogP contribution in [0.25, 0.3) is 0 Å². The molecule has 4 nitrogen and oxygen atoms in total. The van der Waals surface area contributed by atoms with E-state index in [0.29, 0.717) is 0 Å². The molecule has 3 N–H and O–H groups in total. The third-order valence-electron chi connectivity index (χ3n) is 1.76. The molecule has 4 heteroatoms. The minimum absolute atomic E-state index is 0.0827. The first-order valence-electron chi connectivity index (χ1n) is 3.21. The summed E-state index contributed by atoms with van der Waals surface area (Å²) in [6.45, 7) is 1.31. The van der Waals surface area contributed by atoms with Crippen LogP contribution in [0.15, 0.2) is 0 Å². The van der Waals surface area contributed by atoms with Crippen molar-refractivity contribution in [3.8, 4) is 0 Å². The average molecular weight is 148 g/mol. The molecule has 1 heterocycles. The van der Waals surface area contributed by atoms with Crippen LogP contribution >= 0.6 is 0 Å². The maximum absolute atomic E-state index is 9.28. The van der Waals surface area contributed by atoms with Gasteiger partial charge < -0.3 is 20.1 Å². The Hall–Kier alpha value is -0.160. The first-order chi connectivity index (χ1) is 4.58. The number of aliphatic hydroxyl groups is 3. The summed E-state index contributed by atoms with van der Waals surface area (Å²) in [6, 6.07) is 0. The number of rotatable bonds is 1. The first-order valence-corrected chi connectivity index (χ1v) is 3.21. The third kappa shape index (κ3) is 1.15. The summed E-state index contributed by atoms with van der Waals surface area (Å²) < 4.78 is 4.88. The predicted molar refractivity (Wildman–Crippen MR) is 33.5 cm³/mol. The van der Waals surface area contributed by atoms with Crippen molar-refractivity contribution in [3.63, 3.8) is 0 Å². The van der Waals surface area contributed by atoms with Crippen molar-refractivity contribution in [1.29, 1.82) is 0 Å². The summed E-state index contributed by atoms with van der Waals surface area (Å²) in [5, 5.41) is 27.0. The molecule has 0 aliphatic carbocycles. The van der Waals surface area contributed by atoms with Gasteiger partial charge in [0.25, 0.3) is 0 Å². The SMILES string of the molecule is CC1(O)CO[C@H](CO)C1O. The monoisotopic (exact) mass is 148 g/mol. The van der Waals surface area contributed by atoms with Crippen molar-refractivity contribution in [1.82, 2.24) is 0 Å². The lowest BCUT2D eigenvalue weighted by Crippen LogP contribution is -2.41. The summed E-state index contributed by atoms with van der Waals surface area (Å²) in [4.78, 5) is 0. The van der Waals surface area contributed by atoms with Crippen molar-refractivity contribution in [2.24, 2.45) is 0 Å². The molecule has 1 aliphatic heterocycles. The molecule has 0 amide bonds. The van der Waals surface area contributed by atoms with Gasteiger partial charge in [-0.25, -0.2) is 0 Å². The Morgan fingerprint density at radius 3 is 2.50 bits per heavy atom. The molecule has 1 fully saturated rings. The second-order valence-electron chi connectivity index (χ2n) is 2.83. The lowest BCUT2D eigenvalue weighted by molar-refractivity contribution is -0.0434. The summed E-state index contributed by atoms with van der Waals surface area (Å²) in [5.41, 5.74) is -1.20. The van der Waals surface area contributed by atoms with Gasteiger partial charge in [0.15, 0.2) is 0 Å². The summed E-state index contributed by atoms with van der Waals surface area (Å²) in [6.07, 6.45) is -1.60. The quantitative estimate of drug-likeness (QED) is 0.423. The van der Waals surface area contributed by atoms with Gasteiger partial charge in [-0.1, -0.05) is 0 Å². The molecule has 1 aliphatic rings. The normalized spacial score (nSPS) is 48.0. The Morgan fingerprint density at radius 1 is 1.70 bits per heavy atom. The first kappa shape index (κ1) is 7.94. The van der Waals surface area contributed by atoms with Gasteiger partial charge in [-0.15, -0.1) is 0 Å². The second kappa shape index (κ2) is 2.47. The fraction of sp³-hybridized carbons (Fsp3) is 1.00. The van der Waals surface area contributed by atoms with Crippen LogP contribution in [0.4, 0.5) is 0 Å². The smallest absolute Gasteiger partial charge is 0.114 e. The van der Waals surface area contributed by atoms with E-state index >= 15 is 0 Å². The fourth-order valence-electron chi connectivity index (χ4n) is 1.01. The predicted octanol–water partition coefficient (Wildman–Crippen LogP) is -1.51. The molecule has 0 saturated carbocycles. The number of ether oxygens (including phenoxy) is 1. The Bertz CT molecular complexity index is 123. The van der Waals surface area contributed by atoms with Crippen molar-refractivity contribution in [2.75, 3.05) is 13.2 Å². The van der Waals surface area contributed by atoms with Gasteiger partial charge in [0.1, 0.15) is 17.8 Å². The largest absolute Gasteiger partial charge is 0.394 e. The topological polar surface area (TPSA) is 69.9 Å². The van der Waals surface area contributed by atoms with Gasteiger partial charge in [0.2, 0.25) is 0 Å². The zero-order valence-electron chi connectivity index (χ0n) is 5.82. The molecule has 0 bridgehead atoms. The van der Waals surface area contributed by atoms with Gasteiger partial charge >= 0.3 is 0 Å². The van der Waals surface area contributed by atoms with Gasteiger partial charge in [-0.05, 0) is 6.92 Å². The van der Waals surface area contributed by atoms with Crippen LogP contribution in [-0.2, 0) is 4.74 Å². The van der Waals surface area contributed by atoms with E-state index in [1.165, 1.54) is 6.92 Å². The van der Waals surface area contributed by atoms with E-state index in [0.717, 1.165) is 0 Å². The Kier molecular flexibility index (Phi) is 1.96. The van der Waals surface area contributed by atoms with Crippen molar-refractivity contribution >= 4 is 0 Å². The van der Waals surface area contributed by atoms with E-state index in [-0.39, 0.29) is 13.2 Å². The number of aliphatic hydroxyl groups excluding tert-OH is 2. The minimum Gasteiger partial charge on any atom is -0.394 e. The van der Waals surface area contributed by atoms with Crippen LogP contribution in [0.5, 0.6) is 0 Å². The van der Waals surface area contributed by atoms with Crippen LogP contribution in [-0.4, -0.2) is 46.3 Å². The van der Waals surface area contributed by atoms with Crippen LogP contribution in [0.3, 0.4) is 0 Å². The Balaban J connectivity index is 2.58. The molecule has 3 atom stereocenters. The highest BCUT2D eigenvalue weighted by molar-refractivity contribution is 4.92. The Morgan fingerprint density at radius 2 is 2.30 bits per heavy atom. The summed E-state index contributed by atoms with van der Waals surface area (Å²) >= 11 is 0. The second-order valence-corrected chi connectivity index (χ2v) is 2.83. The summed E-state index contributed by atoms with van der Waals surface area (Å²) in [5.74, 6) is 0. The minimum atomic E-state index is -1.20. The molecule has 1 saturated heterocycles. The standard InChI is InChI=1S/C6H12O4/c1-6(9)3-10-4(2-7)5(6)8/h4-5,7-9H,2-3H2,1H3/t4-,5?,6?/m1/s1. The molecule has 2 unspecified atom stereocenters. The molecule has 0 spiro atoms. The molecule has 1 rings (SSSR count). The molecule has 0 radical (unpaired) electrons. The van der Waals surface area contributed by atoms with Gasteiger partial charge in [-0.2, -0.15) is 0 Å². The zero-order chi connectivity index (χ0) is 7.78. The van der Waals surface area contributed by atoms with E-state index in [9.17, 15) is 10.2 Å². The average Bonchev–Trinajstić information content (AvgIpc) is 2.10. The summed E-state index contributed by atoms with van der Waals surface area (Å²) in [7, 11) is 0. The van der Waals surface area contributed by atoms with Gasteiger partial charge in [-0.3, -0.25) is 0 Å². The van der Waals surface area contributed by atoms with Crippen molar-refractivity contribution in [3.05, 3.63) is 0 Å². The lowest BCUT2D eigenvalue weighted by Gasteiger charge is -2.19. The fourth-order valence-corrected chi connectivity index (χ4v) is 1.01. The van der Waals surface area contributed by atoms with E-state index < -0.39 is 17.8 Å². The third-order valence-corrected chi connectivity index (χ3v) is 1.76. The highest BCUT2D eigenvalue weighted by atomic mass is 16.5. The van der Waals surface area contributed by atoms with Crippen molar-refractivity contribution < 1.29 is 20.1 Å². The molecule has 10 heavy (non-hydrogen) atoms. The zero-order valence-corrected chi connectivity index (χ0v) is 5.82. The van der Waals surface area contributed by atoms with E-state index in [1.807, 2.05) is 0 Å². The van der Waals surface area contributed by atoms with Crippen molar-refractivity contribution in [2.45, 2.75) is 24.7 Å². The molecule has 60 valence electrons. The molecular formula is C6H12O4. The van der Waals surface area contributed by atoms with Crippen LogP contribution < -0.4 is 0 Å². The highest BCUT2D eigenvalue weighted by Crippen LogP contribution is 2.23. The van der Waals surface area contributed by atoms with Crippen LogP contribution in [0.1, 0.15) is 6.92 Å². The maximum atomic E-state index is 9.28. The van der Waals surface area contributed by atoms with Gasteiger partial charge in [0, 0.05) is 0 Å². The number of hydrogen-bond acceptors (Lipinski definition) is 4. The van der Waals surface area contributed by atoms with Gasteiger partial charge in [0.05, 0.1) is 13.2 Å². The van der Waals surface area contributed by atoms with E-state index in [1.54, 1.807) is 0 Å². The van der Waals surface area contributed by atoms with Crippen LogP contribution in [0, 0.1) is 0 Å². The van der Waals surface area contributed by atoms with E-state index in [4.69, 9.17) is 9.84 Å². The molecule has 0 aromatic carbocycles. The molecule has 0 aromatic rings. The lowest BCUT2D eigenvalue weighted by atomic mass is 10.00. The molecule has 0 aromatic heterocycles. The van der Waals surface area contributed by atoms with E-state index in [2.05, 4.69) is 0 Å². The number of hydrogen-bond donors (Lipinski definition) is 3. The maximum Gasteiger partial charge on any atom is 0.114 e. The van der Waals surface area contributed by atoms with Crippen LogP contribution in [0.2, 0.25) is 0 Å². The Labute approximate surface area is 59.1 Å². The highest BCUT2D eigenvalue weighted by Gasteiger charge is 2.43. The molecular weight excluding hydrogens is 136 g/mol.